The largest absolute Gasteiger partial charge is 0.426 e. The first kappa shape index (κ1) is 24.1. The summed E-state index contributed by atoms with van der Waals surface area (Å²) in [5, 5.41) is -5.89. The molecule has 11 heteroatoms. The molecule has 0 amide bonds. The summed E-state index contributed by atoms with van der Waals surface area (Å²) >= 11 is 0. The van der Waals surface area contributed by atoms with Gasteiger partial charge < -0.3 is 0 Å². The third-order valence-electron chi connectivity index (χ3n) is 4.33. The summed E-state index contributed by atoms with van der Waals surface area (Å²) in [5.41, 5.74) is 0. The van der Waals surface area contributed by atoms with Crippen LogP contribution in [0.5, 0.6) is 0 Å². The van der Waals surface area contributed by atoms with Crippen molar-refractivity contribution in [2.24, 2.45) is 0 Å². The first-order valence-electron chi connectivity index (χ1n) is 8.96. The summed E-state index contributed by atoms with van der Waals surface area (Å²) < 4.78 is 111. The van der Waals surface area contributed by atoms with E-state index in [0.717, 1.165) is 0 Å². The summed E-state index contributed by atoms with van der Waals surface area (Å²) in [4.78, 5) is 0.331. The molecule has 1 unspecified atom stereocenters. The van der Waals surface area contributed by atoms with E-state index in [9.17, 15) is 34.8 Å². The molecule has 32 heavy (non-hydrogen) atoms. The van der Waals surface area contributed by atoms with Gasteiger partial charge in [-0.15, -0.1) is 0 Å². The highest BCUT2D eigenvalue weighted by atomic mass is 32.3. The molecule has 0 aliphatic heterocycles. The molecular formula is C21H16F6O3S2. The van der Waals surface area contributed by atoms with Gasteiger partial charge in [0.15, 0.2) is 0 Å². The first-order valence-corrected chi connectivity index (χ1v) is 11.9. The van der Waals surface area contributed by atoms with E-state index >= 15 is 0 Å². The number of alkyl halides is 6. The molecule has 172 valence electrons. The Morgan fingerprint density at radius 1 is 0.625 bits per heavy atom. The van der Waals surface area contributed by atoms with Crippen molar-refractivity contribution in [1.82, 2.24) is 0 Å². The average Bonchev–Trinajstić information content (AvgIpc) is 2.78. The summed E-state index contributed by atoms with van der Waals surface area (Å²) in [6, 6.07) is 22.1. The lowest BCUT2D eigenvalue weighted by molar-refractivity contribution is -0.222. The molecule has 0 bridgehead atoms. The van der Waals surface area contributed by atoms with E-state index in [1.165, 1.54) is 72.8 Å². The third-order valence-corrected chi connectivity index (χ3v) is 9.55. The fourth-order valence-corrected chi connectivity index (χ4v) is 8.06. The molecule has 0 aliphatic carbocycles. The smallest absolute Gasteiger partial charge is 0.229 e. The highest BCUT2D eigenvalue weighted by Gasteiger charge is 2.66. The normalized spacial score (nSPS) is 14.7. The summed E-state index contributed by atoms with van der Waals surface area (Å²) in [5.74, 6) is 0. The van der Waals surface area contributed by atoms with Gasteiger partial charge in [-0.1, -0.05) is 54.6 Å². The topological polar surface area (TPSA) is 43.4 Å². The second-order valence-corrected chi connectivity index (χ2v) is 11.0. The minimum atomic E-state index is -6.44. The van der Waals surface area contributed by atoms with Crippen LogP contribution in [0.2, 0.25) is 0 Å². The number of hydrogen-bond donors (Lipinski definition) is 0. The highest BCUT2D eigenvalue weighted by molar-refractivity contribution is 8.33. The van der Waals surface area contributed by atoms with Gasteiger partial charge in [-0.2, -0.15) is 30.4 Å². The van der Waals surface area contributed by atoms with Gasteiger partial charge in [0.05, 0.1) is 0 Å². The molecule has 3 nitrogen and oxygen atoms in total. The molecule has 0 saturated carbocycles. The molecule has 3 rings (SSSR count). The number of halogens is 6. The van der Waals surface area contributed by atoms with Crippen LogP contribution in [0.1, 0.15) is 0 Å². The minimum absolute atomic E-state index is 0.110. The van der Waals surface area contributed by atoms with Gasteiger partial charge in [-0.25, -0.2) is 8.02 Å². The molecule has 0 fully saturated rings. The van der Waals surface area contributed by atoms with Crippen molar-refractivity contribution in [3.63, 3.8) is 0 Å². The Morgan fingerprint density at radius 3 is 1.22 bits per heavy atom. The van der Waals surface area contributed by atoms with Crippen molar-refractivity contribution >= 4 is 20.4 Å². The molecule has 1 atom stereocenters. The van der Waals surface area contributed by atoms with E-state index in [-0.39, 0.29) is 14.7 Å². The van der Waals surface area contributed by atoms with Crippen LogP contribution in [0.25, 0.3) is 0 Å². The van der Waals surface area contributed by atoms with E-state index in [1.54, 1.807) is 18.2 Å². The fourth-order valence-electron chi connectivity index (χ4n) is 2.86. The highest BCUT2D eigenvalue weighted by Crippen LogP contribution is 2.70. The van der Waals surface area contributed by atoms with Gasteiger partial charge in [0.1, 0.15) is 0 Å². The Morgan fingerprint density at radius 2 is 0.938 bits per heavy atom. The van der Waals surface area contributed by atoms with E-state index in [0.29, 0.717) is 0 Å². The van der Waals surface area contributed by atoms with Crippen LogP contribution in [0.4, 0.5) is 26.3 Å². The maximum atomic E-state index is 14.4. The molecule has 0 saturated heterocycles. The van der Waals surface area contributed by atoms with E-state index in [1.807, 2.05) is 0 Å². The van der Waals surface area contributed by atoms with Crippen molar-refractivity contribution in [2.75, 3.05) is 0 Å². The second-order valence-electron chi connectivity index (χ2n) is 6.48. The van der Waals surface area contributed by atoms with Gasteiger partial charge in [-0.3, -0.25) is 0 Å². The Kier molecular flexibility index (Phi) is 6.64. The molecule has 0 N–H and O–H groups in total. The minimum Gasteiger partial charge on any atom is -0.229 e. The molecule has 0 aliphatic rings. The quantitative estimate of drug-likeness (QED) is 0.343. The molecule has 3 aromatic rings. The maximum absolute atomic E-state index is 14.4. The van der Waals surface area contributed by atoms with Gasteiger partial charge in [0, 0.05) is 14.7 Å². The fraction of sp³-hybridized carbons (Fsp3) is 0.143. The zero-order chi connectivity index (χ0) is 23.6. The predicted molar refractivity (Wildman–Crippen MR) is 108 cm³/mol. The van der Waals surface area contributed by atoms with Crippen molar-refractivity contribution in [2.45, 2.75) is 32.3 Å². The monoisotopic (exact) mass is 494 g/mol. The Hall–Kier alpha value is -2.50. The van der Waals surface area contributed by atoms with Crippen LogP contribution < -0.4 is 0 Å². The molecule has 0 heterocycles. The lowest BCUT2D eigenvalue weighted by atomic mass is 10.4. The zero-order valence-corrected chi connectivity index (χ0v) is 17.7. The van der Waals surface area contributed by atoms with Gasteiger partial charge >= 0.3 is 21.5 Å². The lowest BCUT2D eigenvalue weighted by Crippen LogP contribution is -2.48. The Bertz CT molecular complexity index is 1040. The molecular weight excluding hydrogens is 478 g/mol. The maximum Gasteiger partial charge on any atom is 0.426 e. The predicted octanol–water partition coefficient (Wildman–Crippen LogP) is 6.72. The van der Waals surface area contributed by atoms with Crippen molar-refractivity contribution in [1.29, 1.82) is 0 Å². The number of hydrogen-bond acceptors (Lipinski definition) is 3. The van der Waals surface area contributed by atoms with Crippen LogP contribution in [0, 0.1) is 0 Å². The van der Waals surface area contributed by atoms with E-state index in [2.05, 4.69) is 0 Å². The third kappa shape index (κ3) is 4.37. The van der Waals surface area contributed by atoms with Gasteiger partial charge in [-0.05, 0) is 46.7 Å². The summed E-state index contributed by atoms with van der Waals surface area (Å²) in [6.45, 7) is 0. The van der Waals surface area contributed by atoms with Crippen LogP contribution in [-0.4, -0.2) is 26.0 Å². The average molecular weight is 494 g/mol. The lowest BCUT2D eigenvalue weighted by Gasteiger charge is -2.40. The van der Waals surface area contributed by atoms with E-state index < -0.39 is 38.0 Å². The summed E-state index contributed by atoms with van der Waals surface area (Å²) in [6.07, 6.45) is -11.1. The van der Waals surface area contributed by atoms with Crippen LogP contribution in [-0.2, 0) is 13.7 Å². The van der Waals surface area contributed by atoms with Crippen LogP contribution >= 0.6 is 10.3 Å². The molecule has 3 aromatic carbocycles. The van der Waals surface area contributed by atoms with Crippen molar-refractivity contribution in [3.8, 4) is 0 Å². The first-order chi connectivity index (χ1) is 14.9. The number of rotatable bonds is 7. The zero-order valence-electron chi connectivity index (χ0n) is 16.0. The van der Waals surface area contributed by atoms with Gasteiger partial charge in [0.25, 0.3) is 6.17 Å². The Balaban J connectivity index is 2.31. The van der Waals surface area contributed by atoms with Crippen LogP contribution in [0.3, 0.4) is 0 Å². The molecule has 0 spiro atoms. The van der Waals surface area contributed by atoms with Crippen LogP contribution in [0.15, 0.2) is 106 Å². The van der Waals surface area contributed by atoms with Crippen molar-refractivity contribution < 1.29 is 38.4 Å². The van der Waals surface area contributed by atoms with Crippen molar-refractivity contribution in [3.05, 3.63) is 91.0 Å². The van der Waals surface area contributed by atoms with Gasteiger partial charge in [0.2, 0.25) is 0 Å². The molecule has 0 radical (unpaired) electrons. The Labute approximate surface area is 182 Å². The molecule has 0 aromatic heterocycles. The number of benzene rings is 3. The van der Waals surface area contributed by atoms with E-state index in [4.69, 9.17) is 3.63 Å². The second kappa shape index (κ2) is 8.80. The SMILES string of the molecule is O=S(=O)(OS(c1ccccc1)(c1ccccc1)c1ccccc1)C(F)(F)C(F)C(F)(F)F. The standard InChI is InChI=1S/C21H16F6O3S2/c22-19(20(23,24)25)21(26,27)32(28,29)30-31(16-10-4-1-5-11-16,17-12-6-2-7-13-17)18-14-8-3-9-15-18/h1-15,19H. The summed E-state index contributed by atoms with van der Waals surface area (Å²) in [7, 11) is -9.99.